The van der Waals surface area contributed by atoms with Crippen LogP contribution in [0.2, 0.25) is 5.02 Å². The number of hydrogen-bond acceptors (Lipinski definition) is 5. The molecule has 0 aromatic heterocycles. The van der Waals surface area contributed by atoms with Gasteiger partial charge in [-0.25, -0.2) is 0 Å². The van der Waals surface area contributed by atoms with Crippen molar-refractivity contribution in [3.8, 4) is 5.75 Å². The topological polar surface area (TPSA) is 93.7 Å². The minimum atomic E-state index is -1.07. The molecule has 0 heterocycles. The van der Waals surface area contributed by atoms with Crippen molar-refractivity contribution in [1.82, 2.24) is 5.32 Å². The Morgan fingerprint density at radius 2 is 1.66 bits per heavy atom. The van der Waals surface area contributed by atoms with Gasteiger partial charge in [0.15, 0.2) is 6.10 Å². The van der Waals surface area contributed by atoms with E-state index in [2.05, 4.69) is 10.6 Å². The molecule has 2 amide bonds. The van der Waals surface area contributed by atoms with E-state index in [1.54, 1.807) is 60.7 Å². The van der Waals surface area contributed by atoms with Crippen molar-refractivity contribution < 1.29 is 23.9 Å². The standard InChI is InChI=1S/C27H27ClN2O5/c1-17-13-14-24(34-3)23(15-17)30-26(32)18(2)35-25(31)16-22(19-9-5-4-6-10-19)29-27(33)20-11-7-8-12-21(20)28/h4-15,18,22H,16H2,1-3H3,(H,29,33)(H,30,32). The smallest absolute Gasteiger partial charge is 0.309 e. The molecule has 7 nitrogen and oxygen atoms in total. The maximum atomic E-state index is 12.8. The number of nitrogens with one attached hydrogen (secondary N) is 2. The quantitative estimate of drug-likeness (QED) is 0.404. The molecule has 2 N–H and O–H groups in total. The second-order valence-electron chi connectivity index (χ2n) is 7.95. The predicted octanol–water partition coefficient (Wildman–Crippen LogP) is 5.09. The van der Waals surface area contributed by atoms with Gasteiger partial charge in [-0.1, -0.05) is 60.1 Å². The number of hydrogen-bond donors (Lipinski definition) is 2. The largest absolute Gasteiger partial charge is 0.495 e. The van der Waals surface area contributed by atoms with E-state index in [0.29, 0.717) is 27.6 Å². The fraction of sp³-hybridized carbons (Fsp3) is 0.222. The van der Waals surface area contributed by atoms with Gasteiger partial charge in [0.05, 0.1) is 35.8 Å². The molecule has 3 rings (SSSR count). The van der Waals surface area contributed by atoms with Crippen molar-refractivity contribution in [2.45, 2.75) is 32.4 Å². The van der Waals surface area contributed by atoms with Crippen LogP contribution in [-0.2, 0) is 14.3 Å². The van der Waals surface area contributed by atoms with Crippen LogP contribution in [0.25, 0.3) is 0 Å². The van der Waals surface area contributed by atoms with E-state index in [4.69, 9.17) is 21.1 Å². The number of carbonyl (C=O) groups is 3. The Kier molecular flexibility index (Phi) is 8.86. The van der Waals surface area contributed by atoms with Crippen molar-refractivity contribution in [2.75, 3.05) is 12.4 Å². The van der Waals surface area contributed by atoms with Crippen molar-refractivity contribution >= 4 is 35.1 Å². The summed E-state index contributed by atoms with van der Waals surface area (Å²) in [6.07, 6.45) is -1.24. The highest BCUT2D eigenvalue weighted by Crippen LogP contribution is 2.26. The third kappa shape index (κ3) is 7.07. The summed E-state index contributed by atoms with van der Waals surface area (Å²) < 4.78 is 10.7. The van der Waals surface area contributed by atoms with Gasteiger partial charge in [-0.3, -0.25) is 14.4 Å². The van der Waals surface area contributed by atoms with Crippen molar-refractivity contribution in [3.05, 3.63) is 94.5 Å². The van der Waals surface area contributed by atoms with Crippen molar-refractivity contribution in [1.29, 1.82) is 0 Å². The van der Waals surface area contributed by atoms with Crippen LogP contribution in [0.5, 0.6) is 5.75 Å². The van der Waals surface area contributed by atoms with E-state index >= 15 is 0 Å². The van der Waals surface area contributed by atoms with Gasteiger partial charge in [0.2, 0.25) is 0 Å². The van der Waals surface area contributed by atoms with Gasteiger partial charge in [-0.2, -0.15) is 0 Å². The number of rotatable bonds is 9. The number of benzene rings is 3. The molecule has 0 saturated heterocycles. The molecule has 182 valence electrons. The molecule has 0 aliphatic carbocycles. The number of ether oxygens (including phenoxy) is 2. The predicted molar refractivity (Wildman–Crippen MR) is 135 cm³/mol. The lowest BCUT2D eigenvalue weighted by Crippen LogP contribution is -2.34. The number of esters is 1. The third-order valence-corrected chi connectivity index (χ3v) is 5.62. The Morgan fingerprint density at radius 1 is 0.971 bits per heavy atom. The molecule has 0 radical (unpaired) electrons. The molecule has 2 unspecified atom stereocenters. The fourth-order valence-electron chi connectivity index (χ4n) is 3.44. The summed E-state index contributed by atoms with van der Waals surface area (Å²) in [4.78, 5) is 38.2. The number of carbonyl (C=O) groups excluding carboxylic acids is 3. The van der Waals surface area contributed by atoms with Crippen molar-refractivity contribution in [3.63, 3.8) is 0 Å². The van der Waals surface area contributed by atoms with Gasteiger partial charge in [0, 0.05) is 0 Å². The first-order valence-electron chi connectivity index (χ1n) is 11.0. The highest BCUT2D eigenvalue weighted by molar-refractivity contribution is 6.33. The normalized spacial score (nSPS) is 12.2. The summed E-state index contributed by atoms with van der Waals surface area (Å²) in [7, 11) is 1.50. The lowest BCUT2D eigenvalue weighted by Gasteiger charge is -2.21. The lowest BCUT2D eigenvalue weighted by molar-refractivity contribution is -0.153. The zero-order valence-corrected chi connectivity index (χ0v) is 20.5. The Morgan fingerprint density at radius 3 is 2.34 bits per heavy atom. The van der Waals surface area contributed by atoms with Crippen LogP contribution in [0.15, 0.2) is 72.8 Å². The molecule has 2 atom stereocenters. The Balaban J connectivity index is 1.68. The minimum absolute atomic E-state index is 0.175. The van der Waals surface area contributed by atoms with E-state index in [0.717, 1.165) is 5.56 Å². The minimum Gasteiger partial charge on any atom is -0.495 e. The summed E-state index contributed by atoms with van der Waals surface area (Å²) in [5.74, 6) is -1.07. The Labute approximate surface area is 209 Å². The second-order valence-corrected chi connectivity index (χ2v) is 8.35. The van der Waals surface area contributed by atoms with Crippen LogP contribution < -0.4 is 15.4 Å². The molecular formula is C27H27ClN2O5. The van der Waals surface area contributed by atoms with Crippen LogP contribution in [0.4, 0.5) is 5.69 Å². The SMILES string of the molecule is COc1ccc(C)cc1NC(=O)C(C)OC(=O)CC(NC(=O)c1ccccc1Cl)c1ccccc1. The highest BCUT2D eigenvalue weighted by Gasteiger charge is 2.24. The van der Waals surface area contributed by atoms with Gasteiger partial charge in [-0.05, 0) is 49.2 Å². The summed E-state index contributed by atoms with van der Waals surface area (Å²) in [6, 6.07) is 20.4. The molecule has 0 spiro atoms. The summed E-state index contributed by atoms with van der Waals surface area (Å²) >= 11 is 6.15. The van der Waals surface area contributed by atoms with Crippen LogP contribution >= 0.6 is 11.6 Å². The summed E-state index contributed by atoms with van der Waals surface area (Å²) in [5, 5.41) is 5.87. The van der Waals surface area contributed by atoms with E-state index in [-0.39, 0.29) is 6.42 Å². The third-order valence-electron chi connectivity index (χ3n) is 5.29. The molecule has 0 bridgehead atoms. The van der Waals surface area contributed by atoms with Crippen LogP contribution in [-0.4, -0.2) is 31.0 Å². The first kappa shape index (κ1) is 25.8. The molecule has 0 saturated carbocycles. The molecule has 3 aromatic rings. The average Bonchev–Trinajstić information content (AvgIpc) is 2.84. The second kappa shape index (κ2) is 12.0. The van der Waals surface area contributed by atoms with Gasteiger partial charge >= 0.3 is 5.97 Å². The molecule has 0 aliphatic heterocycles. The number of halogens is 1. The average molecular weight is 495 g/mol. The molecule has 3 aromatic carbocycles. The van der Waals surface area contributed by atoms with Crippen LogP contribution in [0, 0.1) is 6.92 Å². The monoisotopic (exact) mass is 494 g/mol. The van der Waals surface area contributed by atoms with Crippen molar-refractivity contribution in [2.24, 2.45) is 0 Å². The van der Waals surface area contributed by atoms with Gasteiger partial charge in [0.1, 0.15) is 5.75 Å². The summed E-state index contributed by atoms with van der Waals surface area (Å²) in [5.41, 5.74) is 2.43. The molecular weight excluding hydrogens is 468 g/mol. The first-order chi connectivity index (χ1) is 16.8. The zero-order chi connectivity index (χ0) is 25.4. The van der Waals surface area contributed by atoms with Gasteiger partial charge in [0.25, 0.3) is 11.8 Å². The van der Waals surface area contributed by atoms with E-state index in [1.807, 2.05) is 19.1 Å². The van der Waals surface area contributed by atoms with Gasteiger partial charge < -0.3 is 20.1 Å². The number of aryl methyl sites for hydroxylation is 1. The number of anilines is 1. The Hall–Kier alpha value is -3.84. The van der Waals surface area contributed by atoms with Gasteiger partial charge in [-0.15, -0.1) is 0 Å². The maximum absolute atomic E-state index is 12.8. The highest BCUT2D eigenvalue weighted by atomic mass is 35.5. The first-order valence-corrected chi connectivity index (χ1v) is 11.4. The fourth-order valence-corrected chi connectivity index (χ4v) is 3.66. The number of amides is 2. The van der Waals surface area contributed by atoms with Crippen LogP contribution in [0.3, 0.4) is 0 Å². The van der Waals surface area contributed by atoms with E-state index < -0.39 is 29.9 Å². The zero-order valence-electron chi connectivity index (χ0n) is 19.7. The van der Waals surface area contributed by atoms with E-state index in [1.165, 1.54) is 14.0 Å². The molecule has 0 aliphatic rings. The molecule has 0 fully saturated rings. The molecule has 8 heteroatoms. The summed E-state index contributed by atoms with van der Waals surface area (Å²) in [6.45, 7) is 3.37. The Bertz CT molecular complexity index is 1200. The van der Waals surface area contributed by atoms with E-state index in [9.17, 15) is 14.4 Å². The number of methoxy groups -OCH3 is 1. The molecule has 35 heavy (non-hydrogen) atoms. The lowest BCUT2D eigenvalue weighted by atomic mass is 10.0. The maximum Gasteiger partial charge on any atom is 0.309 e. The van der Waals surface area contributed by atoms with Crippen LogP contribution in [0.1, 0.15) is 40.9 Å².